The van der Waals surface area contributed by atoms with Gasteiger partial charge in [-0.3, -0.25) is 4.99 Å². The molecule has 1 unspecified atom stereocenters. The predicted molar refractivity (Wildman–Crippen MR) is 118 cm³/mol. The molecule has 0 radical (unpaired) electrons. The maximum Gasteiger partial charge on any atom is 0.213 e. The second-order valence-corrected chi connectivity index (χ2v) is 7.36. The van der Waals surface area contributed by atoms with Gasteiger partial charge in [0.25, 0.3) is 0 Å². The number of rotatable bonds is 6. The van der Waals surface area contributed by atoms with Gasteiger partial charge in [-0.05, 0) is 25.3 Å². The largest absolute Gasteiger partial charge is 0.443 e. The van der Waals surface area contributed by atoms with E-state index in [2.05, 4.69) is 72.6 Å². The molecule has 1 aromatic carbocycles. The summed E-state index contributed by atoms with van der Waals surface area (Å²) in [4.78, 5) is 8.61. The van der Waals surface area contributed by atoms with Gasteiger partial charge in [-0.2, -0.15) is 0 Å². The SMILES string of the molecule is CN=C(NCc1ncc(C(C)(C)C)o1)NC(C)CCc1ccccc1.I. The Morgan fingerprint density at radius 1 is 1.23 bits per heavy atom. The summed E-state index contributed by atoms with van der Waals surface area (Å²) in [5.41, 5.74) is 1.32. The van der Waals surface area contributed by atoms with Gasteiger partial charge in [0.2, 0.25) is 5.89 Å². The van der Waals surface area contributed by atoms with Crippen molar-refractivity contribution in [2.75, 3.05) is 7.05 Å². The van der Waals surface area contributed by atoms with Gasteiger partial charge in [0, 0.05) is 18.5 Å². The highest BCUT2D eigenvalue weighted by Crippen LogP contribution is 2.22. The maximum absolute atomic E-state index is 5.80. The number of oxazole rings is 1. The molecule has 2 N–H and O–H groups in total. The van der Waals surface area contributed by atoms with E-state index in [-0.39, 0.29) is 29.4 Å². The van der Waals surface area contributed by atoms with Crippen molar-refractivity contribution >= 4 is 29.9 Å². The number of halogens is 1. The van der Waals surface area contributed by atoms with Gasteiger partial charge in [-0.1, -0.05) is 51.1 Å². The average molecular weight is 470 g/mol. The fraction of sp³-hybridized carbons (Fsp3) is 0.500. The lowest BCUT2D eigenvalue weighted by Gasteiger charge is -2.17. The van der Waals surface area contributed by atoms with Crippen molar-refractivity contribution in [1.82, 2.24) is 15.6 Å². The Bertz CT molecular complexity index is 677. The summed E-state index contributed by atoms with van der Waals surface area (Å²) >= 11 is 0. The first kappa shape index (κ1) is 22.5. The Balaban J connectivity index is 0.00000338. The number of benzene rings is 1. The van der Waals surface area contributed by atoms with Crippen LogP contribution in [0.1, 0.15) is 51.3 Å². The Morgan fingerprint density at radius 3 is 2.50 bits per heavy atom. The van der Waals surface area contributed by atoms with Crippen molar-refractivity contribution in [3.05, 3.63) is 53.7 Å². The molecule has 1 aromatic heterocycles. The van der Waals surface area contributed by atoms with Gasteiger partial charge >= 0.3 is 0 Å². The van der Waals surface area contributed by atoms with E-state index in [1.165, 1.54) is 5.56 Å². The molecule has 1 heterocycles. The first-order valence-corrected chi connectivity index (χ1v) is 8.85. The quantitative estimate of drug-likeness (QED) is 0.376. The van der Waals surface area contributed by atoms with Gasteiger partial charge in [0.15, 0.2) is 5.96 Å². The standard InChI is InChI=1S/C20H30N4O.HI/c1-15(11-12-16-9-7-6-8-10-16)24-19(21-5)23-14-18-22-13-17(25-18)20(2,3)4;/h6-10,13,15H,11-12,14H2,1-5H3,(H2,21,23,24);1H. The molecular formula is C20H31IN4O. The highest BCUT2D eigenvalue weighted by Gasteiger charge is 2.19. The number of aromatic nitrogens is 1. The van der Waals surface area contributed by atoms with Crippen LogP contribution in [0.25, 0.3) is 0 Å². The van der Waals surface area contributed by atoms with Gasteiger partial charge in [-0.15, -0.1) is 24.0 Å². The molecule has 0 saturated carbocycles. The monoisotopic (exact) mass is 470 g/mol. The molecule has 2 rings (SSSR count). The Hall–Kier alpha value is -1.57. The first-order valence-electron chi connectivity index (χ1n) is 8.85. The van der Waals surface area contributed by atoms with Crippen LogP contribution in [0.15, 0.2) is 45.9 Å². The van der Waals surface area contributed by atoms with Gasteiger partial charge in [0.05, 0.1) is 12.7 Å². The van der Waals surface area contributed by atoms with E-state index < -0.39 is 0 Å². The number of guanidine groups is 1. The topological polar surface area (TPSA) is 62.5 Å². The summed E-state index contributed by atoms with van der Waals surface area (Å²) in [6, 6.07) is 10.8. The number of nitrogens with one attached hydrogen (secondary N) is 2. The van der Waals surface area contributed by atoms with E-state index >= 15 is 0 Å². The van der Waals surface area contributed by atoms with Crippen molar-refractivity contribution < 1.29 is 4.42 Å². The predicted octanol–water partition coefficient (Wildman–Crippen LogP) is 4.28. The summed E-state index contributed by atoms with van der Waals surface area (Å²) in [7, 11) is 1.77. The molecule has 6 heteroatoms. The molecule has 0 fully saturated rings. The second kappa shape index (κ2) is 10.5. The van der Waals surface area contributed by atoms with Crippen molar-refractivity contribution in [3.63, 3.8) is 0 Å². The Kier molecular flexibility index (Phi) is 9.12. The number of aliphatic imine (C=N–C) groups is 1. The van der Waals surface area contributed by atoms with Crippen LogP contribution in [0.2, 0.25) is 0 Å². The minimum atomic E-state index is -0.0306. The smallest absolute Gasteiger partial charge is 0.213 e. The maximum atomic E-state index is 5.80. The van der Waals surface area contributed by atoms with E-state index in [0.29, 0.717) is 18.5 Å². The van der Waals surface area contributed by atoms with Crippen LogP contribution < -0.4 is 10.6 Å². The zero-order chi connectivity index (χ0) is 18.3. The van der Waals surface area contributed by atoms with Crippen LogP contribution in [0.3, 0.4) is 0 Å². The minimum absolute atomic E-state index is 0. The molecule has 0 aliphatic carbocycles. The lowest BCUT2D eigenvalue weighted by molar-refractivity contribution is 0.379. The van der Waals surface area contributed by atoms with Crippen molar-refractivity contribution in [3.8, 4) is 0 Å². The second-order valence-electron chi connectivity index (χ2n) is 7.36. The average Bonchev–Trinajstić information content (AvgIpc) is 3.07. The molecule has 1 atom stereocenters. The third-order valence-electron chi connectivity index (χ3n) is 4.02. The van der Waals surface area contributed by atoms with Gasteiger partial charge < -0.3 is 15.1 Å². The molecule has 144 valence electrons. The molecule has 0 bridgehead atoms. The minimum Gasteiger partial charge on any atom is -0.443 e. The van der Waals surface area contributed by atoms with Crippen molar-refractivity contribution in [2.24, 2.45) is 4.99 Å². The Labute approximate surface area is 174 Å². The molecule has 0 saturated heterocycles. The van der Waals surface area contributed by atoms with Crippen molar-refractivity contribution in [2.45, 2.75) is 58.5 Å². The molecule has 0 aliphatic heterocycles. The summed E-state index contributed by atoms with van der Waals surface area (Å²) in [6.07, 6.45) is 3.88. The molecule has 0 amide bonds. The third kappa shape index (κ3) is 7.35. The molecule has 0 spiro atoms. The Morgan fingerprint density at radius 2 is 1.92 bits per heavy atom. The zero-order valence-corrected chi connectivity index (χ0v) is 18.7. The van der Waals surface area contributed by atoms with Crippen LogP contribution in [-0.2, 0) is 18.4 Å². The van der Waals surface area contributed by atoms with Crippen LogP contribution in [0, 0.1) is 0 Å². The summed E-state index contributed by atoms with van der Waals surface area (Å²) in [5, 5.41) is 6.68. The van der Waals surface area contributed by atoms with Crippen LogP contribution in [-0.4, -0.2) is 24.0 Å². The lowest BCUT2D eigenvalue weighted by Crippen LogP contribution is -2.42. The highest BCUT2D eigenvalue weighted by molar-refractivity contribution is 14.0. The van der Waals surface area contributed by atoms with Crippen molar-refractivity contribution in [1.29, 1.82) is 0 Å². The van der Waals surface area contributed by atoms with E-state index in [1.807, 2.05) is 6.07 Å². The summed E-state index contributed by atoms with van der Waals surface area (Å²) in [6.45, 7) is 9.01. The molecular weight excluding hydrogens is 439 g/mol. The molecule has 26 heavy (non-hydrogen) atoms. The van der Waals surface area contributed by atoms with Crippen LogP contribution in [0.4, 0.5) is 0 Å². The number of hydrogen-bond donors (Lipinski definition) is 2. The van der Waals surface area contributed by atoms with E-state index in [9.17, 15) is 0 Å². The first-order chi connectivity index (χ1) is 11.9. The van der Waals surface area contributed by atoms with Gasteiger partial charge in [0.1, 0.15) is 5.76 Å². The summed E-state index contributed by atoms with van der Waals surface area (Å²) < 4.78 is 5.80. The normalized spacial score (nSPS) is 13.0. The van der Waals surface area contributed by atoms with Crippen LogP contribution >= 0.6 is 24.0 Å². The number of nitrogens with zero attached hydrogens (tertiary/aromatic N) is 2. The van der Waals surface area contributed by atoms with E-state index in [0.717, 1.165) is 24.6 Å². The fourth-order valence-corrected chi connectivity index (χ4v) is 2.43. The third-order valence-corrected chi connectivity index (χ3v) is 4.02. The molecule has 5 nitrogen and oxygen atoms in total. The molecule has 0 aliphatic rings. The molecule has 2 aromatic rings. The van der Waals surface area contributed by atoms with Gasteiger partial charge in [-0.25, -0.2) is 4.98 Å². The number of aryl methyl sites for hydroxylation is 1. The zero-order valence-electron chi connectivity index (χ0n) is 16.4. The van der Waals surface area contributed by atoms with E-state index in [1.54, 1.807) is 13.2 Å². The van der Waals surface area contributed by atoms with Crippen LogP contribution in [0.5, 0.6) is 0 Å². The number of hydrogen-bond acceptors (Lipinski definition) is 3. The highest BCUT2D eigenvalue weighted by atomic mass is 127. The summed E-state index contributed by atoms with van der Waals surface area (Å²) in [5.74, 6) is 2.32. The van der Waals surface area contributed by atoms with E-state index in [4.69, 9.17) is 4.42 Å². The fourth-order valence-electron chi connectivity index (χ4n) is 2.43. The lowest BCUT2D eigenvalue weighted by atomic mass is 9.94.